The molecule has 1 atom stereocenters. The number of nitro groups is 1. The Labute approximate surface area is 111 Å². The number of nitro benzene ring substituents is 1. The zero-order valence-corrected chi connectivity index (χ0v) is 10.6. The molecule has 0 aromatic heterocycles. The van der Waals surface area contributed by atoms with Gasteiger partial charge in [0.1, 0.15) is 0 Å². The Morgan fingerprint density at radius 3 is 2.53 bits per heavy atom. The van der Waals surface area contributed by atoms with Gasteiger partial charge in [-0.05, 0) is 5.56 Å². The molecular weight excluding hydrogens is 244 g/mol. The van der Waals surface area contributed by atoms with E-state index in [1.165, 1.54) is 12.1 Å². The van der Waals surface area contributed by atoms with E-state index in [1.54, 1.807) is 12.1 Å². The highest BCUT2D eigenvalue weighted by Crippen LogP contribution is 2.26. The SMILES string of the molecule is N#CC[C@H](c1ccc([N+](=O)[O-])cc1)N1CCNCC1. The Morgan fingerprint density at radius 1 is 1.37 bits per heavy atom. The van der Waals surface area contributed by atoms with Crippen molar-refractivity contribution in [3.63, 3.8) is 0 Å². The summed E-state index contributed by atoms with van der Waals surface area (Å²) in [6, 6.07) is 8.73. The normalized spacial score (nSPS) is 17.6. The zero-order valence-electron chi connectivity index (χ0n) is 10.6. The Balaban J connectivity index is 2.18. The lowest BCUT2D eigenvalue weighted by atomic mass is 10.0. The van der Waals surface area contributed by atoms with Gasteiger partial charge in [0.2, 0.25) is 0 Å². The maximum atomic E-state index is 10.6. The van der Waals surface area contributed by atoms with E-state index in [9.17, 15) is 10.1 Å². The number of hydrogen-bond acceptors (Lipinski definition) is 5. The summed E-state index contributed by atoms with van der Waals surface area (Å²) in [6.45, 7) is 3.61. The molecule has 0 spiro atoms. The number of non-ortho nitro benzene ring substituents is 1. The summed E-state index contributed by atoms with van der Waals surface area (Å²) in [4.78, 5) is 12.5. The third kappa shape index (κ3) is 3.28. The van der Waals surface area contributed by atoms with Crippen LogP contribution in [0.4, 0.5) is 5.69 Å². The van der Waals surface area contributed by atoms with E-state index >= 15 is 0 Å². The summed E-state index contributed by atoms with van der Waals surface area (Å²) < 4.78 is 0. The molecule has 0 bridgehead atoms. The van der Waals surface area contributed by atoms with Gasteiger partial charge in [-0.2, -0.15) is 5.26 Å². The molecule has 0 aliphatic carbocycles. The van der Waals surface area contributed by atoms with Crippen LogP contribution in [0.5, 0.6) is 0 Å². The largest absolute Gasteiger partial charge is 0.314 e. The topological polar surface area (TPSA) is 82.2 Å². The van der Waals surface area contributed by atoms with Crippen LogP contribution in [0.25, 0.3) is 0 Å². The highest BCUT2D eigenvalue weighted by atomic mass is 16.6. The van der Waals surface area contributed by atoms with Gasteiger partial charge >= 0.3 is 0 Å². The molecule has 2 rings (SSSR count). The van der Waals surface area contributed by atoms with Crippen molar-refractivity contribution in [3.8, 4) is 6.07 Å². The average Bonchev–Trinajstić information content (AvgIpc) is 2.46. The van der Waals surface area contributed by atoms with Crippen LogP contribution in [0, 0.1) is 21.4 Å². The number of nitrogens with zero attached hydrogens (tertiary/aromatic N) is 3. The zero-order chi connectivity index (χ0) is 13.7. The second-order valence-electron chi connectivity index (χ2n) is 4.51. The van der Waals surface area contributed by atoms with Gasteiger partial charge in [0.15, 0.2) is 0 Å². The van der Waals surface area contributed by atoms with Crippen molar-refractivity contribution in [3.05, 3.63) is 39.9 Å². The van der Waals surface area contributed by atoms with Crippen LogP contribution in [0.1, 0.15) is 18.0 Å². The summed E-state index contributed by atoms with van der Waals surface area (Å²) in [6.07, 6.45) is 0.401. The van der Waals surface area contributed by atoms with E-state index in [-0.39, 0.29) is 11.7 Å². The molecule has 1 N–H and O–H groups in total. The maximum Gasteiger partial charge on any atom is 0.269 e. The number of rotatable bonds is 4. The van der Waals surface area contributed by atoms with Crippen LogP contribution in [0.2, 0.25) is 0 Å². The average molecular weight is 260 g/mol. The molecular formula is C13H16N4O2. The third-order valence-electron chi connectivity index (χ3n) is 3.37. The van der Waals surface area contributed by atoms with Gasteiger partial charge in [-0.25, -0.2) is 0 Å². The molecule has 6 nitrogen and oxygen atoms in total. The van der Waals surface area contributed by atoms with Crippen LogP contribution in [-0.4, -0.2) is 36.0 Å². The summed E-state index contributed by atoms with van der Waals surface area (Å²) in [5.74, 6) is 0. The van der Waals surface area contributed by atoms with Crippen LogP contribution >= 0.6 is 0 Å². The number of nitrogens with one attached hydrogen (secondary N) is 1. The van der Waals surface area contributed by atoms with Gasteiger partial charge in [0.05, 0.1) is 17.4 Å². The molecule has 0 radical (unpaired) electrons. The highest BCUT2D eigenvalue weighted by Gasteiger charge is 2.22. The molecule has 6 heteroatoms. The number of piperazine rings is 1. The van der Waals surface area contributed by atoms with Gasteiger partial charge in [-0.3, -0.25) is 15.0 Å². The van der Waals surface area contributed by atoms with Crippen molar-refractivity contribution < 1.29 is 4.92 Å². The standard InChI is InChI=1S/C13H16N4O2/c14-6-5-13(16-9-7-15-8-10-16)11-1-3-12(4-2-11)17(18)19/h1-4,13,15H,5,7-10H2/t13-/m1/s1. The lowest BCUT2D eigenvalue weighted by molar-refractivity contribution is -0.384. The quantitative estimate of drug-likeness (QED) is 0.654. The lowest BCUT2D eigenvalue weighted by Gasteiger charge is -2.34. The molecule has 1 aliphatic rings. The smallest absolute Gasteiger partial charge is 0.269 e. The summed E-state index contributed by atoms with van der Waals surface area (Å²) >= 11 is 0. The van der Waals surface area contributed by atoms with Crippen LogP contribution in [-0.2, 0) is 0 Å². The predicted molar refractivity (Wildman–Crippen MR) is 70.5 cm³/mol. The van der Waals surface area contributed by atoms with E-state index in [4.69, 9.17) is 5.26 Å². The second kappa shape index (κ2) is 6.27. The van der Waals surface area contributed by atoms with Gasteiger partial charge in [0.25, 0.3) is 5.69 Å². The van der Waals surface area contributed by atoms with E-state index in [0.717, 1.165) is 31.7 Å². The predicted octanol–water partition coefficient (Wildman–Crippen LogP) is 1.45. The molecule has 19 heavy (non-hydrogen) atoms. The fourth-order valence-electron chi connectivity index (χ4n) is 2.36. The van der Waals surface area contributed by atoms with Crippen molar-refractivity contribution in [1.82, 2.24) is 10.2 Å². The lowest BCUT2D eigenvalue weighted by Crippen LogP contribution is -2.45. The Hall–Kier alpha value is -1.97. The molecule has 1 aliphatic heterocycles. The monoisotopic (exact) mass is 260 g/mol. The molecule has 1 aromatic carbocycles. The number of hydrogen-bond donors (Lipinski definition) is 1. The first-order valence-corrected chi connectivity index (χ1v) is 6.28. The summed E-state index contributed by atoms with van der Waals surface area (Å²) in [5.41, 5.74) is 1.05. The first-order valence-electron chi connectivity index (χ1n) is 6.28. The van der Waals surface area contributed by atoms with Gasteiger partial charge < -0.3 is 5.32 Å². The maximum absolute atomic E-state index is 10.6. The molecule has 0 unspecified atom stereocenters. The van der Waals surface area contributed by atoms with Gasteiger partial charge in [-0.1, -0.05) is 12.1 Å². The van der Waals surface area contributed by atoms with Crippen LogP contribution < -0.4 is 5.32 Å². The van der Waals surface area contributed by atoms with Gasteiger partial charge in [0, 0.05) is 44.4 Å². The van der Waals surface area contributed by atoms with Gasteiger partial charge in [-0.15, -0.1) is 0 Å². The number of nitriles is 1. The van der Waals surface area contributed by atoms with Crippen LogP contribution in [0.15, 0.2) is 24.3 Å². The van der Waals surface area contributed by atoms with Crippen molar-refractivity contribution in [2.75, 3.05) is 26.2 Å². The Morgan fingerprint density at radius 2 is 2.00 bits per heavy atom. The summed E-state index contributed by atoms with van der Waals surface area (Å²) in [7, 11) is 0. The third-order valence-corrected chi connectivity index (χ3v) is 3.37. The highest BCUT2D eigenvalue weighted by molar-refractivity contribution is 5.34. The minimum absolute atomic E-state index is 0.0212. The molecule has 1 heterocycles. The van der Waals surface area contributed by atoms with E-state index in [2.05, 4.69) is 16.3 Å². The minimum atomic E-state index is -0.409. The Kier molecular flexibility index (Phi) is 4.44. The molecule has 1 saturated heterocycles. The van der Waals surface area contributed by atoms with Crippen molar-refractivity contribution >= 4 is 5.69 Å². The van der Waals surface area contributed by atoms with Crippen molar-refractivity contribution in [2.24, 2.45) is 0 Å². The molecule has 1 aromatic rings. The molecule has 0 saturated carbocycles. The molecule has 0 amide bonds. The first-order chi connectivity index (χ1) is 9.22. The van der Waals surface area contributed by atoms with E-state index in [1.807, 2.05) is 0 Å². The fourth-order valence-corrected chi connectivity index (χ4v) is 2.36. The Bertz CT molecular complexity index is 474. The van der Waals surface area contributed by atoms with Crippen molar-refractivity contribution in [2.45, 2.75) is 12.5 Å². The summed E-state index contributed by atoms with van der Waals surface area (Å²) in [5, 5.41) is 22.9. The van der Waals surface area contributed by atoms with Crippen LogP contribution in [0.3, 0.4) is 0 Å². The molecule has 100 valence electrons. The van der Waals surface area contributed by atoms with E-state index in [0.29, 0.717) is 6.42 Å². The second-order valence-corrected chi connectivity index (χ2v) is 4.51. The first kappa shape index (κ1) is 13.5. The molecule has 1 fully saturated rings. The fraction of sp³-hybridized carbons (Fsp3) is 0.462. The number of benzene rings is 1. The minimum Gasteiger partial charge on any atom is -0.314 e. The van der Waals surface area contributed by atoms with Crippen molar-refractivity contribution in [1.29, 1.82) is 5.26 Å². The van der Waals surface area contributed by atoms with E-state index < -0.39 is 4.92 Å².